The van der Waals surface area contributed by atoms with Crippen LogP contribution >= 0.6 is 23.1 Å². The molecule has 5 nitrogen and oxygen atoms in total. The Hall–Kier alpha value is -1.60. The Morgan fingerprint density at radius 3 is 3.00 bits per heavy atom. The molecule has 1 saturated heterocycles. The molecule has 2 aliphatic heterocycles. The summed E-state index contributed by atoms with van der Waals surface area (Å²) in [5.41, 5.74) is 2.85. The number of hydrogen-bond acceptors (Lipinski definition) is 5. The first kappa shape index (κ1) is 13.4. The van der Waals surface area contributed by atoms with E-state index in [1.165, 1.54) is 4.90 Å². The predicted molar refractivity (Wildman–Crippen MR) is 78.2 cm³/mol. The molecule has 0 aromatic carbocycles. The van der Waals surface area contributed by atoms with E-state index in [1.807, 2.05) is 19.1 Å². The summed E-state index contributed by atoms with van der Waals surface area (Å²) in [4.78, 5) is 29.3. The summed E-state index contributed by atoms with van der Waals surface area (Å²) >= 11 is 3.15. The summed E-state index contributed by atoms with van der Waals surface area (Å²) in [5, 5.41) is 9.11. The molecule has 2 aliphatic rings. The van der Waals surface area contributed by atoms with Gasteiger partial charge in [0.15, 0.2) is 0 Å². The van der Waals surface area contributed by atoms with Crippen molar-refractivity contribution in [1.82, 2.24) is 9.88 Å². The highest BCUT2D eigenvalue weighted by Gasteiger charge is 2.44. The number of nitrogens with zero attached hydrogens (tertiary/aromatic N) is 2. The SMILES string of the molecule is Cc1ncsc1C=CC1C=C(C(=O)O)N2C(=O)C[C@H]2S1. The lowest BCUT2D eigenvalue weighted by molar-refractivity contribution is -0.146. The number of carbonyl (C=O) groups excluding carboxylic acids is 1. The van der Waals surface area contributed by atoms with Crippen LogP contribution in [0.15, 0.2) is 23.4 Å². The van der Waals surface area contributed by atoms with Gasteiger partial charge in [0, 0.05) is 10.1 Å². The lowest BCUT2D eigenvalue weighted by Gasteiger charge is -2.43. The fourth-order valence-corrected chi connectivity index (χ4v) is 4.21. The van der Waals surface area contributed by atoms with Gasteiger partial charge in [0.05, 0.1) is 23.0 Å². The number of aromatic nitrogens is 1. The van der Waals surface area contributed by atoms with Crippen molar-refractivity contribution in [2.45, 2.75) is 24.0 Å². The van der Waals surface area contributed by atoms with E-state index in [0.717, 1.165) is 10.6 Å². The summed E-state index contributed by atoms with van der Waals surface area (Å²) in [5.74, 6) is -1.16. The van der Waals surface area contributed by atoms with E-state index < -0.39 is 5.97 Å². The normalized spacial score (nSPS) is 25.4. The summed E-state index contributed by atoms with van der Waals surface area (Å²) in [7, 11) is 0. The Labute approximate surface area is 124 Å². The quantitative estimate of drug-likeness (QED) is 0.866. The van der Waals surface area contributed by atoms with Crippen molar-refractivity contribution in [3.8, 4) is 0 Å². The number of aliphatic carboxylic acids is 1. The predicted octanol–water partition coefficient (Wildman–Crippen LogP) is 2.11. The number of carbonyl (C=O) groups is 2. The number of fused-ring (bicyclic) bond motifs is 1. The van der Waals surface area contributed by atoms with Crippen LogP contribution in [0.4, 0.5) is 0 Å². The van der Waals surface area contributed by atoms with Gasteiger partial charge < -0.3 is 5.11 Å². The average Bonchev–Trinajstić information content (AvgIpc) is 2.79. The number of carboxylic acid groups (broad SMARTS) is 1. The summed E-state index contributed by atoms with van der Waals surface area (Å²) in [6.45, 7) is 1.94. The van der Waals surface area contributed by atoms with Crippen molar-refractivity contribution in [1.29, 1.82) is 0 Å². The molecule has 0 aliphatic carbocycles. The van der Waals surface area contributed by atoms with Crippen LogP contribution in [0.25, 0.3) is 6.08 Å². The maximum Gasteiger partial charge on any atom is 0.352 e. The minimum atomic E-state index is -1.05. The smallest absolute Gasteiger partial charge is 0.352 e. The number of thioether (sulfide) groups is 1. The van der Waals surface area contributed by atoms with E-state index in [2.05, 4.69) is 4.98 Å². The van der Waals surface area contributed by atoms with Gasteiger partial charge in [-0.3, -0.25) is 9.69 Å². The van der Waals surface area contributed by atoms with E-state index in [0.29, 0.717) is 6.42 Å². The van der Waals surface area contributed by atoms with Crippen molar-refractivity contribution in [2.75, 3.05) is 0 Å². The Morgan fingerprint density at radius 1 is 1.60 bits per heavy atom. The van der Waals surface area contributed by atoms with Gasteiger partial charge in [-0.2, -0.15) is 0 Å². The number of carboxylic acids is 1. The molecule has 0 spiro atoms. The van der Waals surface area contributed by atoms with Gasteiger partial charge in [-0.15, -0.1) is 23.1 Å². The first-order chi connectivity index (χ1) is 9.56. The topological polar surface area (TPSA) is 70.5 Å². The molecule has 1 aromatic rings. The molecular formula is C13H12N2O3S2. The third-order valence-electron chi connectivity index (χ3n) is 3.24. The van der Waals surface area contributed by atoms with Crippen molar-refractivity contribution < 1.29 is 14.7 Å². The highest BCUT2D eigenvalue weighted by molar-refractivity contribution is 8.01. The average molecular weight is 308 g/mol. The van der Waals surface area contributed by atoms with Crippen molar-refractivity contribution >= 4 is 41.1 Å². The molecule has 3 heterocycles. The molecule has 1 N–H and O–H groups in total. The molecule has 0 saturated carbocycles. The van der Waals surface area contributed by atoms with Crippen LogP contribution in [0, 0.1) is 6.92 Å². The van der Waals surface area contributed by atoms with E-state index in [9.17, 15) is 14.7 Å². The molecule has 1 unspecified atom stereocenters. The van der Waals surface area contributed by atoms with Crippen molar-refractivity contribution in [2.24, 2.45) is 0 Å². The lowest BCUT2D eigenvalue weighted by Crippen LogP contribution is -2.53. The van der Waals surface area contributed by atoms with Crippen LogP contribution in [0.1, 0.15) is 17.0 Å². The molecule has 1 aromatic heterocycles. The maximum atomic E-state index is 11.5. The monoisotopic (exact) mass is 308 g/mol. The van der Waals surface area contributed by atoms with Crippen molar-refractivity contribution in [3.05, 3.63) is 33.9 Å². The Balaban J connectivity index is 1.83. The highest BCUT2D eigenvalue weighted by Crippen LogP contribution is 2.41. The Kier molecular flexibility index (Phi) is 3.39. The van der Waals surface area contributed by atoms with Gasteiger partial charge in [-0.25, -0.2) is 9.78 Å². The zero-order valence-electron chi connectivity index (χ0n) is 10.6. The van der Waals surface area contributed by atoms with Gasteiger partial charge in [0.1, 0.15) is 5.70 Å². The van der Waals surface area contributed by atoms with Crippen LogP contribution in [0.5, 0.6) is 0 Å². The van der Waals surface area contributed by atoms with Gasteiger partial charge in [0.2, 0.25) is 5.91 Å². The van der Waals surface area contributed by atoms with E-state index in [4.69, 9.17) is 0 Å². The van der Waals surface area contributed by atoms with Crippen LogP contribution in [-0.2, 0) is 9.59 Å². The lowest BCUT2D eigenvalue weighted by atomic mass is 10.1. The molecule has 0 bridgehead atoms. The van der Waals surface area contributed by atoms with Crippen LogP contribution < -0.4 is 0 Å². The van der Waals surface area contributed by atoms with Crippen LogP contribution in [-0.4, -0.2) is 37.5 Å². The van der Waals surface area contributed by atoms with E-state index >= 15 is 0 Å². The Bertz CT molecular complexity index is 635. The largest absolute Gasteiger partial charge is 0.477 e. The molecule has 1 fully saturated rings. The molecular weight excluding hydrogens is 296 g/mol. The standard InChI is InChI=1S/C13H12N2O3S2/c1-7-10(19-6-14-7)3-2-8-4-9(13(17)18)15-11(16)5-12(15)20-8/h2-4,6,8,12H,5H2,1H3,(H,17,18)/t8?,12-/m1/s1. The minimum absolute atomic E-state index is 0.0306. The maximum absolute atomic E-state index is 11.5. The Morgan fingerprint density at radius 2 is 2.40 bits per heavy atom. The number of β-lactam (4-membered cyclic amide) rings is 1. The second-order valence-electron chi connectivity index (χ2n) is 4.54. The molecule has 0 radical (unpaired) electrons. The number of hydrogen-bond donors (Lipinski definition) is 1. The number of rotatable bonds is 3. The first-order valence-electron chi connectivity index (χ1n) is 6.07. The number of aryl methyl sites for hydroxylation is 1. The molecule has 7 heteroatoms. The third-order valence-corrected chi connectivity index (χ3v) is 5.44. The zero-order valence-corrected chi connectivity index (χ0v) is 12.3. The van der Waals surface area contributed by atoms with Crippen LogP contribution in [0.2, 0.25) is 0 Å². The third kappa shape index (κ3) is 2.27. The summed E-state index contributed by atoms with van der Waals surface area (Å²) in [6.07, 6.45) is 5.98. The highest BCUT2D eigenvalue weighted by atomic mass is 32.2. The minimum Gasteiger partial charge on any atom is -0.477 e. The number of thiazole rings is 1. The van der Waals surface area contributed by atoms with Gasteiger partial charge >= 0.3 is 5.97 Å². The second kappa shape index (κ2) is 5.06. The van der Waals surface area contributed by atoms with Crippen LogP contribution in [0.3, 0.4) is 0 Å². The van der Waals surface area contributed by atoms with Gasteiger partial charge in [-0.05, 0) is 19.1 Å². The fourth-order valence-electron chi connectivity index (χ4n) is 2.17. The van der Waals surface area contributed by atoms with E-state index in [-0.39, 0.29) is 22.2 Å². The van der Waals surface area contributed by atoms with Gasteiger partial charge in [-0.1, -0.05) is 6.08 Å². The second-order valence-corrected chi connectivity index (χ2v) is 6.79. The summed E-state index contributed by atoms with van der Waals surface area (Å²) in [6, 6.07) is 0. The van der Waals surface area contributed by atoms with E-state index in [1.54, 1.807) is 34.7 Å². The molecule has 104 valence electrons. The molecule has 1 amide bonds. The van der Waals surface area contributed by atoms with Crippen molar-refractivity contribution in [3.63, 3.8) is 0 Å². The first-order valence-corrected chi connectivity index (χ1v) is 7.89. The summed E-state index contributed by atoms with van der Waals surface area (Å²) < 4.78 is 0. The zero-order chi connectivity index (χ0) is 14.3. The van der Waals surface area contributed by atoms with Gasteiger partial charge in [0.25, 0.3) is 0 Å². The molecule has 2 atom stereocenters. The number of amides is 1. The molecule has 20 heavy (non-hydrogen) atoms. The fraction of sp³-hybridized carbons (Fsp3) is 0.308. The molecule has 3 rings (SSSR count).